The molecular weight excluding hydrogens is 292 g/mol. The van der Waals surface area contributed by atoms with Crippen molar-refractivity contribution in [2.45, 2.75) is 23.1 Å². The molecule has 2 aromatic rings. The minimum absolute atomic E-state index is 0.0496. The van der Waals surface area contributed by atoms with Gasteiger partial charge in [-0.25, -0.2) is 15.0 Å². The SMILES string of the molecule is CNc1ncnc2c1ncn2[C@@H]1S[C@H](CO)C[C@H]1N=[N+]=[N-]. The maximum Gasteiger partial charge on any atom is 0.166 e. The molecule has 0 aliphatic carbocycles. The lowest BCUT2D eigenvalue weighted by Crippen LogP contribution is -2.14. The van der Waals surface area contributed by atoms with Crippen LogP contribution in [0.3, 0.4) is 0 Å². The van der Waals surface area contributed by atoms with Gasteiger partial charge in [0, 0.05) is 17.2 Å². The van der Waals surface area contributed by atoms with Gasteiger partial charge in [0.1, 0.15) is 11.8 Å². The first-order valence-electron chi connectivity index (χ1n) is 6.44. The van der Waals surface area contributed by atoms with Crippen LogP contribution in [0.1, 0.15) is 11.8 Å². The molecule has 1 aliphatic rings. The summed E-state index contributed by atoms with van der Waals surface area (Å²) in [6, 6.07) is -0.234. The molecule has 0 amide bonds. The highest BCUT2D eigenvalue weighted by atomic mass is 32.2. The van der Waals surface area contributed by atoms with E-state index in [-0.39, 0.29) is 23.3 Å². The molecule has 0 radical (unpaired) electrons. The van der Waals surface area contributed by atoms with Crippen LogP contribution in [0.4, 0.5) is 5.82 Å². The number of fused-ring (bicyclic) bond motifs is 1. The maximum absolute atomic E-state index is 9.35. The summed E-state index contributed by atoms with van der Waals surface area (Å²) in [7, 11) is 1.77. The Bertz CT molecular complexity index is 697. The van der Waals surface area contributed by atoms with E-state index in [0.29, 0.717) is 23.4 Å². The summed E-state index contributed by atoms with van der Waals surface area (Å²) in [4.78, 5) is 15.7. The highest BCUT2D eigenvalue weighted by molar-refractivity contribution is 8.00. The molecule has 1 saturated heterocycles. The minimum Gasteiger partial charge on any atom is -0.395 e. The van der Waals surface area contributed by atoms with Crippen molar-refractivity contribution in [3.05, 3.63) is 23.1 Å². The quantitative estimate of drug-likeness (QED) is 0.501. The Morgan fingerprint density at radius 3 is 3.14 bits per heavy atom. The van der Waals surface area contributed by atoms with Crippen LogP contribution in [-0.4, -0.2) is 49.6 Å². The third-order valence-corrected chi connectivity index (χ3v) is 4.99. The van der Waals surface area contributed by atoms with Gasteiger partial charge in [-0.15, -0.1) is 11.8 Å². The molecule has 0 unspecified atom stereocenters. The predicted octanol–water partition coefficient (Wildman–Crippen LogP) is 1.54. The van der Waals surface area contributed by atoms with Gasteiger partial charge in [-0.05, 0) is 12.0 Å². The van der Waals surface area contributed by atoms with Crippen molar-refractivity contribution in [3.63, 3.8) is 0 Å². The zero-order valence-electron chi connectivity index (χ0n) is 11.3. The number of anilines is 1. The second-order valence-electron chi connectivity index (χ2n) is 4.64. The molecule has 0 spiro atoms. The molecular formula is C11H14N8OS. The molecule has 0 bridgehead atoms. The largest absolute Gasteiger partial charge is 0.395 e. The smallest absolute Gasteiger partial charge is 0.166 e. The van der Waals surface area contributed by atoms with E-state index in [9.17, 15) is 5.11 Å². The molecule has 10 heteroatoms. The number of azide groups is 1. The molecule has 2 N–H and O–H groups in total. The first-order chi connectivity index (χ1) is 10.3. The number of nitrogens with one attached hydrogen (secondary N) is 1. The van der Waals surface area contributed by atoms with Crippen LogP contribution < -0.4 is 5.32 Å². The Morgan fingerprint density at radius 2 is 2.43 bits per heavy atom. The van der Waals surface area contributed by atoms with Crippen molar-refractivity contribution in [2.24, 2.45) is 5.11 Å². The summed E-state index contributed by atoms with van der Waals surface area (Å²) >= 11 is 1.57. The molecule has 2 aromatic heterocycles. The van der Waals surface area contributed by atoms with Crippen molar-refractivity contribution in [2.75, 3.05) is 19.0 Å². The average Bonchev–Trinajstić information content (AvgIpc) is 3.10. The van der Waals surface area contributed by atoms with Gasteiger partial charge in [-0.2, -0.15) is 0 Å². The number of aliphatic hydroxyl groups excluding tert-OH is 1. The first-order valence-corrected chi connectivity index (χ1v) is 7.38. The van der Waals surface area contributed by atoms with Gasteiger partial charge in [0.25, 0.3) is 0 Å². The predicted molar refractivity (Wildman–Crippen MR) is 79.9 cm³/mol. The monoisotopic (exact) mass is 306 g/mol. The molecule has 21 heavy (non-hydrogen) atoms. The lowest BCUT2D eigenvalue weighted by Gasteiger charge is -2.16. The van der Waals surface area contributed by atoms with E-state index >= 15 is 0 Å². The van der Waals surface area contributed by atoms with Crippen LogP contribution in [0.5, 0.6) is 0 Å². The van der Waals surface area contributed by atoms with E-state index in [1.165, 1.54) is 6.33 Å². The molecule has 3 heterocycles. The number of aromatic nitrogens is 4. The Labute approximate surface area is 124 Å². The zero-order chi connectivity index (χ0) is 14.8. The Kier molecular flexibility index (Phi) is 3.82. The number of hydrogen-bond acceptors (Lipinski definition) is 7. The van der Waals surface area contributed by atoms with E-state index < -0.39 is 0 Å². The molecule has 110 valence electrons. The summed E-state index contributed by atoms with van der Waals surface area (Å²) in [5.41, 5.74) is 10.1. The Balaban J connectivity index is 2.05. The minimum atomic E-state index is -0.234. The topological polar surface area (TPSA) is 125 Å². The fraction of sp³-hybridized carbons (Fsp3) is 0.545. The zero-order valence-corrected chi connectivity index (χ0v) is 12.1. The summed E-state index contributed by atoms with van der Waals surface area (Å²) in [6.45, 7) is 0.0575. The number of thioether (sulfide) groups is 1. The molecule has 0 aromatic carbocycles. The molecule has 9 nitrogen and oxygen atoms in total. The number of imidazole rings is 1. The third kappa shape index (κ3) is 2.37. The summed E-state index contributed by atoms with van der Waals surface area (Å²) in [5.74, 6) is 0.654. The van der Waals surface area contributed by atoms with Crippen LogP contribution >= 0.6 is 11.8 Å². The van der Waals surface area contributed by atoms with Gasteiger partial charge < -0.3 is 15.0 Å². The van der Waals surface area contributed by atoms with Gasteiger partial charge in [0.2, 0.25) is 0 Å². The van der Waals surface area contributed by atoms with Gasteiger partial charge in [-0.1, -0.05) is 5.11 Å². The van der Waals surface area contributed by atoms with Gasteiger partial charge in [0.15, 0.2) is 11.5 Å². The van der Waals surface area contributed by atoms with E-state index in [1.807, 2.05) is 4.57 Å². The van der Waals surface area contributed by atoms with Crippen molar-refractivity contribution >= 4 is 28.7 Å². The number of rotatable bonds is 4. The van der Waals surface area contributed by atoms with Gasteiger partial charge >= 0.3 is 0 Å². The summed E-state index contributed by atoms with van der Waals surface area (Å²) in [5, 5.41) is 16.1. The van der Waals surface area contributed by atoms with Gasteiger partial charge in [0.05, 0.1) is 24.3 Å². The van der Waals surface area contributed by atoms with Crippen molar-refractivity contribution in [3.8, 4) is 0 Å². The maximum atomic E-state index is 9.35. The van der Waals surface area contributed by atoms with E-state index in [1.54, 1.807) is 25.1 Å². The van der Waals surface area contributed by atoms with E-state index in [4.69, 9.17) is 5.53 Å². The Morgan fingerprint density at radius 1 is 1.57 bits per heavy atom. The second kappa shape index (κ2) is 5.76. The lowest BCUT2D eigenvalue weighted by atomic mass is 10.2. The second-order valence-corrected chi connectivity index (χ2v) is 6.06. The van der Waals surface area contributed by atoms with Crippen molar-refractivity contribution < 1.29 is 5.11 Å². The number of nitrogens with zero attached hydrogens (tertiary/aromatic N) is 7. The van der Waals surface area contributed by atoms with Crippen LogP contribution in [0.25, 0.3) is 21.6 Å². The van der Waals surface area contributed by atoms with Crippen LogP contribution in [0.15, 0.2) is 17.8 Å². The standard InChI is InChI=1S/C11H14N8OS/c1-13-9-8-10(15-4-14-9)19(5-16-8)11-7(17-18-12)2-6(3-20)21-11/h4-7,11,20H,2-3H2,1H3,(H,13,14,15)/t6-,7+,11+/m0/s1. The number of hydrogen-bond donors (Lipinski definition) is 2. The van der Waals surface area contributed by atoms with Gasteiger partial charge in [-0.3, -0.25) is 0 Å². The average molecular weight is 306 g/mol. The van der Waals surface area contributed by atoms with Crippen LogP contribution in [-0.2, 0) is 0 Å². The Hall–Kier alpha value is -2.03. The first kappa shape index (κ1) is 13.9. The molecule has 0 saturated carbocycles. The third-order valence-electron chi connectivity index (χ3n) is 3.44. The lowest BCUT2D eigenvalue weighted by molar-refractivity contribution is 0.289. The number of aliphatic hydroxyl groups is 1. The summed E-state index contributed by atoms with van der Waals surface area (Å²) < 4.78 is 1.89. The fourth-order valence-corrected chi connectivity index (χ4v) is 3.91. The van der Waals surface area contributed by atoms with E-state index in [2.05, 4.69) is 30.3 Å². The fourth-order valence-electron chi connectivity index (χ4n) is 2.49. The molecule has 1 aliphatic heterocycles. The highest BCUT2D eigenvalue weighted by Gasteiger charge is 2.36. The molecule has 3 rings (SSSR count). The van der Waals surface area contributed by atoms with Crippen LogP contribution in [0, 0.1) is 0 Å². The normalized spacial score (nSPS) is 25.0. The molecule has 1 fully saturated rings. The van der Waals surface area contributed by atoms with Crippen molar-refractivity contribution in [1.29, 1.82) is 0 Å². The highest BCUT2D eigenvalue weighted by Crippen LogP contribution is 2.44. The van der Waals surface area contributed by atoms with Crippen LogP contribution in [0.2, 0.25) is 0 Å². The van der Waals surface area contributed by atoms with Crippen molar-refractivity contribution in [1.82, 2.24) is 19.5 Å². The van der Waals surface area contributed by atoms with E-state index in [0.717, 1.165) is 0 Å². The molecule has 3 atom stereocenters. The summed E-state index contributed by atoms with van der Waals surface area (Å²) in [6.07, 6.45) is 3.79.